The minimum atomic E-state index is -0.783. The van der Waals surface area contributed by atoms with E-state index in [1.54, 1.807) is 0 Å². The summed E-state index contributed by atoms with van der Waals surface area (Å²) in [5.41, 5.74) is 0. The van der Waals surface area contributed by atoms with Crippen LogP contribution in [0, 0.1) is 0 Å². The number of ether oxygens (including phenoxy) is 3. The summed E-state index contributed by atoms with van der Waals surface area (Å²) in [5.74, 6) is -0.882. The van der Waals surface area contributed by atoms with E-state index in [0.717, 1.165) is 116 Å². The smallest absolute Gasteiger partial charge is 0.306 e. The van der Waals surface area contributed by atoms with E-state index in [-0.39, 0.29) is 31.1 Å². The molecule has 82 heavy (non-hydrogen) atoms. The molecule has 0 N–H and O–H groups in total. The third-order valence-corrected chi connectivity index (χ3v) is 15.0. The second kappa shape index (κ2) is 69.6. The predicted molar refractivity (Wildman–Crippen MR) is 357 cm³/mol. The topological polar surface area (TPSA) is 78.9 Å². The molecule has 0 aliphatic heterocycles. The fraction of sp³-hybridized carbons (Fsp3) is 0.724. The molecule has 0 radical (unpaired) electrons. The molecule has 0 spiro atoms. The van der Waals surface area contributed by atoms with Gasteiger partial charge < -0.3 is 14.2 Å². The Morgan fingerprint density at radius 1 is 0.256 bits per heavy atom. The molecule has 0 fully saturated rings. The first-order valence-electron chi connectivity index (χ1n) is 34.9. The maximum atomic E-state index is 12.9. The highest BCUT2D eigenvalue weighted by Gasteiger charge is 2.19. The Morgan fingerprint density at radius 3 is 0.744 bits per heavy atom. The summed E-state index contributed by atoms with van der Waals surface area (Å²) >= 11 is 0. The van der Waals surface area contributed by atoms with Crippen LogP contribution in [0.2, 0.25) is 0 Å². The molecule has 0 saturated carbocycles. The summed E-state index contributed by atoms with van der Waals surface area (Å²) in [6.07, 6.45) is 95.6. The van der Waals surface area contributed by atoms with Crippen molar-refractivity contribution in [1.29, 1.82) is 0 Å². The summed E-state index contributed by atoms with van der Waals surface area (Å²) in [4.78, 5) is 38.2. The average molecular weight is 1140 g/mol. The standard InChI is InChI=1S/C76H130O6/c1-4-7-10-13-16-19-21-23-25-27-29-31-33-35-37-38-40-41-43-45-47-49-51-53-55-57-60-63-66-69-75(78)81-72-73(71-80-74(77)68-65-62-59-18-15-12-9-6-3)82-76(79)70-67-64-61-58-56-54-52-50-48-46-44-42-39-36-34-32-30-28-26-24-22-20-17-14-11-8-5-2/h8,11,17,20-21,23-24,26-27,29-30,32-33,35-36,39,44,46,73H,4-7,9-10,12-16,18-19,22,25,28,31,34,37-38,40-43,45,47-72H2,1-3H3/b11-8-,20-17-,23-21-,26-24-,29-27-,32-30-,35-33-,39-36-,46-44-. The van der Waals surface area contributed by atoms with Gasteiger partial charge in [-0.25, -0.2) is 0 Å². The molecule has 0 heterocycles. The van der Waals surface area contributed by atoms with Crippen LogP contribution in [0.4, 0.5) is 0 Å². The van der Waals surface area contributed by atoms with Crippen molar-refractivity contribution in [3.8, 4) is 0 Å². The molecular weight excluding hydrogens is 1010 g/mol. The lowest BCUT2D eigenvalue weighted by atomic mass is 10.0. The summed E-state index contributed by atoms with van der Waals surface area (Å²) in [6, 6.07) is 0. The van der Waals surface area contributed by atoms with E-state index in [0.29, 0.717) is 19.3 Å². The van der Waals surface area contributed by atoms with Crippen molar-refractivity contribution in [2.45, 2.75) is 341 Å². The Bertz CT molecular complexity index is 1640. The van der Waals surface area contributed by atoms with Gasteiger partial charge in [-0.1, -0.05) is 316 Å². The quantitative estimate of drug-likeness (QED) is 0.0261. The van der Waals surface area contributed by atoms with Gasteiger partial charge in [0.05, 0.1) is 0 Å². The highest BCUT2D eigenvalue weighted by Crippen LogP contribution is 2.17. The van der Waals surface area contributed by atoms with Crippen LogP contribution in [-0.4, -0.2) is 37.2 Å². The molecule has 0 aromatic rings. The first kappa shape index (κ1) is 78.1. The maximum absolute atomic E-state index is 12.9. The van der Waals surface area contributed by atoms with E-state index >= 15 is 0 Å². The molecule has 0 rings (SSSR count). The molecule has 0 bridgehead atoms. The normalized spacial score (nSPS) is 12.8. The zero-order valence-electron chi connectivity index (χ0n) is 54.0. The van der Waals surface area contributed by atoms with Gasteiger partial charge in [0.2, 0.25) is 0 Å². The fourth-order valence-corrected chi connectivity index (χ4v) is 9.81. The summed E-state index contributed by atoms with van der Waals surface area (Å²) in [5, 5.41) is 0. The zero-order chi connectivity index (χ0) is 59.2. The van der Waals surface area contributed by atoms with Crippen LogP contribution in [0.1, 0.15) is 335 Å². The number of carbonyl (C=O) groups excluding carboxylic acids is 3. The van der Waals surface area contributed by atoms with E-state index in [2.05, 4.69) is 130 Å². The van der Waals surface area contributed by atoms with Crippen molar-refractivity contribution >= 4 is 17.9 Å². The van der Waals surface area contributed by atoms with E-state index in [9.17, 15) is 14.4 Å². The van der Waals surface area contributed by atoms with Gasteiger partial charge in [0.25, 0.3) is 0 Å². The average Bonchev–Trinajstić information content (AvgIpc) is 3.48. The van der Waals surface area contributed by atoms with Crippen molar-refractivity contribution in [1.82, 2.24) is 0 Å². The second-order valence-corrected chi connectivity index (χ2v) is 23.1. The molecule has 0 aliphatic carbocycles. The van der Waals surface area contributed by atoms with Gasteiger partial charge >= 0.3 is 17.9 Å². The van der Waals surface area contributed by atoms with Crippen LogP contribution < -0.4 is 0 Å². The monoisotopic (exact) mass is 1140 g/mol. The largest absolute Gasteiger partial charge is 0.462 e. The lowest BCUT2D eigenvalue weighted by Gasteiger charge is -2.18. The fourth-order valence-electron chi connectivity index (χ4n) is 9.81. The highest BCUT2D eigenvalue weighted by molar-refractivity contribution is 5.71. The Hall–Kier alpha value is -3.93. The van der Waals surface area contributed by atoms with Gasteiger partial charge in [0.1, 0.15) is 13.2 Å². The molecule has 0 saturated heterocycles. The third kappa shape index (κ3) is 66.9. The summed E-state index contributed by atoms with van der Waals surface area (Å²) in [6.45, 7) is 6.51. The SMILES string of the molecule is CC/C=C\C/C=C\C/C=C\C/C=C\C/C=C\C/C=C\CCCCCCCCCCC(=O)OC(COC(=O)CCCCCCCCCC)COC(=O)CCCCCCCCCCCCCCCC/C=C\C/C=C\C/C=C\CCCCCCC. The van der Waals surface area contributed by atoms with Crippen LogP contribution in [0.5, 0.6) is 0 Å². The van der Waals surface area contributed by atoms with Crippen LogP contribution in [0.25, 0.3) is 0 Å². The van der Waals surface area contributed by atoms with Gasteiger partial charge in [-0.05, 0) is 109 Å². The maximum Gasteiger partial charge on any atom is 0.306 e. The lowest BCUT2D eigenvalue weighted by Crippen LogP contribution is -2.30. The number of allylic oxidation sites excluding steroid dienone is 18. The molecule has 6 heteroatoms. The highest BCUT2D eigenvalue weighted by atomic mass is 16.6. The number of carbonyl (C=O) groups is 3. The molecule has 6 nitrogen and oxygen atoms in total. The van der Waals surface area contributed by atoms with Gasteiger partial charge in [0.15, 0.2) is 6.10 Å². The van der Waals surface area contributed by atoms with Crippen molar-refractivity contribution in [2.75, 3.05) is 13.2 Å². The molecular formula is C76H130O6. The number of hydrogen-bond donors (Lipinski definition) is 0. The zero-order valence-corrected chi connectivity index (χ0v) is 54.0. The molecule has 470 valence electrons. The van der Waals surface area contributed by atoms with Gasteiger partial charge in [0, 0.05) is 19.3 Å². The van der Waals surface area contributed by atoms with E-state index in [4.69, 9.17) is 14.2 Å². The predicted octanol–water partition coefficient (Wildman–Crippen LogP) is 24.2. The number of rotatable bonds is 63. The minimum absolute atomic E-state index is 0.0796. The molecule has 0 amide bonds. The molecule has 0 aromatic heterocycles. The number of unbranched alkanes of at least 4 members (excludes halogenated alkanes) is 34. The summed E-state index contributed by atoms with van der Waals surface area (Å²) in [7, 11) is 0. The Balaban J connectivity index is 4.16. The molecule has 1 unspecified atom stereocenters. The van der Waals surface area contributed by atoms with E-state index in [1.165, 1.54) is 180 Å². The minimum Gasteiger partial charge on any atom is -0.462 e. The molecule has 0 aliphatic rings. The van der Waals surface area contributed by atoms with E-state index < -0.39 is 6.10 Å². The molecule has 0 aromatic carbocycles. The first-order valence-corrected chi connectivity index (χ1v) is 34.9. The van der Waals surface area contributed by atoms with Crippen LogP contribution in [0.3, 0.4) is 0 Å². The molecule has 1 atom stereocenters. The van der Waals surface area contributed by atoms with Crippen LogP contribution >= 0.6 is 0 Å². The number of hydrogen-bond acceptors (Lipinski definition) is 6. The van der Waals surface area contributed by atoms with Crippen LogP contribution in [-0.2, 0) is 28.6 Å². The van der Waals surface area contributed by atoms with Crippen molar-refractivity contribution in [3.63, 3.8) is 0 Å². The second-order valence-electron chi connectivity index (χ2n) is 23.1. The first-order chi connectivity index (χ1) is 40.5. The van der Waals surface area contributed by atoms with Gasteiger partial charge in [-0.2, -0.15) is 0 Å². The number of esters is 3. The Kier molecular flexibility index (Phi) is 66.2. The third-order valence-electron chi connectivity index (χ3n) is 15.0. The van der Waals surface area contributed by atoms with E-state index in [1.807, 2.05) is 0 Å². The Labute approximate surface area is 508 Å². The van der Waals surface area contributed by atoms with Crippen molar-refractivity contribution in [2.24, 2.45) is 0 Å². The van der Waals surface area contributed by atoms with Crippen LogP contribution in [0.15, 0.2) is 109 Å². The van der Waals surface area contributed by atoms with Crippen molar-refractivity contribution < 1.29 is 28.6 Å². The lowest BCUT2D eigenvalue weighted by molar-refractivity contribution is -0.167. The van der Waals surface area contributed by atoms with Gasteiger partial charge in [-0.3, -0.25) is 14.4 Å². The van der Waals surface area contributed by atoms with Crippen molar-refractivity contribution in [3.05, 3.63) is 109 Å². The summed E-state index contributed by atoms with van der Waals surface area (Å²) < 4.78 is 16.9. The van der Waals surface area contributed by atoms with Gasteiger partial charge in [-0.15, -0.1) is 0 Å². The Morgan fingerprint density at radius 2 is 0.476 bits per heavy atom.